The van der Waals surface area contributed by atoms with Gasteiger partial charge in [-0.15, -0.1) is 0 Å². The van der Waals surface area contributed by atoms with Crippen molar-refractivity contribution in [3.05, 3.63) is 71.3 Å². The third kappa shape index (κ3) is 5.47. The van der Waals surface area contributed by atoms with Crippen LogP contribution in [0.4, 0.5) is 4.79 Å². The summed E-state index contributed by atoms with van der Waals surface area (Å²) in [5.74, 6) is 5.90. The molecule has 1 saturated heterocycles. The van der Waals surface area contributed by atoms with Crippen LogP contribution >= 0.6 is 0 Å². The van der Waals surface area contributed by atoms with Gasteiger partial charge in [0, 0.05) is 30.1 Å². The molecule has 1 fully saturated rings. The molecule has 0 radical (unpaired) electrons. The summed E-state index contributed by atoms with van der Waals surface area (Å²) in [7, 11) is 0. The number of nitrogens with one attached hydrogen (secondary N) is 1. The van der Waals surface area contributed by atoms with Crippen LogP contribution in [0.2, 0.25) is 0 Å². The number of urea groups is 1. The van der Waals surface area contributed by atoms with E-state index < -0.39 is 30.6 Å². The molecule has 0 spiro atoms. The molecule has 0 bridgehead atoms. The summed E-state index contributed by atoms with van der Waals surface area (Å²) in [6.07, 6.45) is -0.275. The molecule has 30 heavy (non-hydrogen) atoms. The average Bonchev–Trinajstić information content (AvgIpc) is 3.26. The largest absolute Gasteiger partial charge is 0.391 e. The van der Waals surface area contributed by atoms with Gasteiger partial charge in [-0.1, -0.05) is 42.2 Å². The molecule has 1 unspecified atom stereocenters. The lowest BCUT2D eigenvalue weighted by atomic mass is 9.97. The zero-order valence-corrected chi connectivity index (χ0v) is 16.9. The van der Waals surface area contributed by atoms with Crippen molar-refractivity contribution in [1.29, 1.82) is 0 Å². The molecule has 2 amide bonds. The summed E-state index contributed by atoms with van der Waals surface area (Å²) < 4.78 is 0. The standard InChI is InChI=1S/C24H26N2O4/c1-17(28)23(22(29)16-27)25-24(30)26-13-12-21(15-26)20-9-5-8-19(14-20)11-10-18-6-3-2-4-7-18/h2-9,14,17,21,23,27-28H,12-13,15-16H2,1H3,(H,25,30)/t17-,21?,23+/m0/s1. The zero-order valence-electron chi connectivity index (χ0n) is 16.9. The summed E-state index contributed by atoms with van der Waals surface area (Å²) in [6.45, 7) is 1.75. The van der Waals surface area contributed by atoms with Gasteiger partial charge in [0.2, 0.25) is 0 Å². The molecular weight excluding hydrogens is 380 g/mol. The van der Waals surface area contributed by atoms with E-state index in [0.29, 0.717) is 13.1 Å². The van der Waals surface area contributed by atoms with E-state index in [4.69, 9.17) is 5.11 Å². The number of rotatable bonds is 5. The first-order chi connectivity index (χ1) is 14.5. The third-order valence-corrected chi connectivity index (χ3v) is 5.22. The van der Waals surface area contributed by atoms with Crippen molar-refractivity contribution in [1.82, 2.24) is 10.2 Å². The Balaban J connectivity index is 1.64. The quantitative estimate of drug-likeness (QED) is 0.662. The van der Waals surface area contributed by atoms with E-state index in [0.717, 1.165) is 23.1 Å². The molecular formula is C24H26N2O4. The van der Waals surface area contributed by atoms with Gasteiger partial charge in [-0.05, 0) is 43.2 Å². The second-order valence-corrected chi connectivity index (χ2v) is 7.47. The summed E-state index contributed by atoms with van der Waals surface area (Å²) in [5, 5.41) is 21.3. The van der Waals surface area contributed by atoms with E-state index in [1.165, 1.54) is 6.92 Å². The Hall–Kier alpha value is -3.14. The first-order valence-corrected chi connectivity index (χ1v) is 10.0. The molecule has 3 atom stereocenters. The van der Waals surface area contributed by atoms with Gasteiger partial charge in [0.25, 0.3) is 0 Å². The van der Waals surface area contributed by atoms with Gasteiger partial charge in [0.15, 0.2) is 5.78 Å². The maximum atomic E-state index is 12.5. The monoisotopic (exact) mass is 406 g/mol. The molecule has 6 nitrogen and oxygen atoms in total. The molecule has 0 aromatic heterocycles. The number of aliphatic hydroxyl groups excluding tert-OH is 2. The second kappa shape index (κ2) is 10.1. The number of benzene rings is 2. The van der Waals surface area contributed by atoms with Crippen molar-refractivity contribution in [2.75, 3.05) is 19.7 Å². The predicted octanol–water partition coefficient (Wildman–Crippen LogP) is 1.90. The fourth-order valence-electron chi connectivity index (χ4n) is 3.55. The van der Waals surface area contributed by atoms with Gasteiger partial charge in [-0.3, -0.25) is 4.79 Å². The molecule has 2 aromatic carbocycles. The van der Waals surface area contributed by atoms with Crippen LogP contribution in [-0.2, 0) is 4.79 Å². The Labute approximate surface area is 176 Å². The predicted molar refractivity (Wildman–Crippen MR) is 114 cm³/mol. The highest BCUT2D eigenvalue weighted by molar-refractivity contribution is 5.89. The highest BCUT2D eigenvalue weighted by Gasteiger charge is 2.31. The maximum Gasteiger partial charge on any atom is 0.318 e. The fourth-order valence-corrected chi connectivity index (χ4v) is 3.55. The molecule has 6 heteroatoms. The summed E-state index contributed by atoms with van der Waals surface area (Å²) >= 11 is 0. The topological polar surface area (TPSA) is 89.9 Å². The number of Topliss-reactive ketones (excluding diaryl/α,β-unsaturated/α-hetero) is 1. The van der Waals surface area contributed by atoms with Crippen molar-refractivity contribution < 1.29 is 19.8 Å². The molecule has 1 aliphatic heterocycles. The Bertz CT molecular complexity index is 946. The van der Waals surface area contributed by atoms with Crippen molar-refractivity contribution >= 4 is 11.8 Å². The van der Waals surface area contributed by atoms with Gasteiger partial charge in [0.1, 0.15) is 12.6 Å². The van der Waals surface area contributed by atoms with Gasteiger partial charge in [-0.25, -0.2) is 4.79 Å². The van der Waals surface area contributed by atoms with Crippen LogP contribution in [-0.4, -0.2) is 58.8 Å². The van der Waals surface area contributed by atoms with Crippen molar-refractivity contribution in [2.24, 2.45) is 0 Å². The Morgan fingerprint density at radius 1 is 1.13 bits per heavy atom. The zero-order chi connectivity index (χ0) is 21.5. The van der Waals surface area contributed by atoms with E-state index in [1.807, 2.05) is 48.5 Å². The minimum atomic E-state index is -1.11. The lowest BCUT2D eigenvalue weighted by Crippen LogP contribution is -2.52. The SMILES string of the molecule is C[C@H](O)[C@@H](NC(=O)N1CCC(c2cccc(C#Cc3ccccc3)c2)C1)C(=O)CO. The smallest absolute Gasteiger partial charge is 0.318 e. The fraction of sp³-hybridized carbons (Fsp3) is 0.333. The molecule has 3 N–H and O–H groups in total. The molecule has 1 heterocycles. The van der Waals surface area contributed by atoms with Gasteiger partial charge < -0.3 is 20.4 Å². The lowest BCUT2D eigenvalue weighted by Gasteiger charge is -2.24. The number of carbonyl (C=O) groups is 2. The summed E-state index contributed by atoms with van der Waals surface area (Å²) in [4.78, 5) is 25.9. The highest BCUT2D eigenvalue weighted by Crippen LogP contribution is 2.27. The average molecular weight is 406 g/mol. The Morgan fingerprint density at radius 3 is 2.53 bits per heavy atom. The number of hydrogen-bond acceptors (Lipinski definition) is 4. The van der Waals surface area contributed by atoms with Crippen LogP contribution < -0.4 is 5.32 Å². The molecule has 1 aliphatic rings. The first kappa shape index (κ1) is 21.6. The van der Waals surface area contributed by atoms with E-state index in [-0.39, 0.29) is 5.92 Å². The number of amides is 2. The van der Waals surface area contributed by atoms with Gasteiger partial charge >= 0.3 is 6.03 Å². The Morgan fingerprint density at radius 2 is 1.83 bits per heavy atom. The molecule has 2 aromatic rings. The van der Waals surface area contributed by atoms with E-state index in [2.05, 4.69) is 23.2 Å². The number of nitrogens with zero attached hydrogens (tertiary/aromatic N) is 1. The van der Waals surface area contributed by atoms with Crippen molar-refractivity contribution in [2.45, 2.75) is 31.4 Å². The minimum Gasteiger partial charge on any atom is -0.391 e. The molecule has 0 aliphatic carbocycles. The number of ketones is 1. The van der Waals surface area contributed by atoms with Crippen LogP contribution in [0.25, 0.3) is 0 Å². The summed E-state index contributed by atoms with van der Waals surface area (Å²) in [6, 6.07) is 16.3. The van der Waals surface area contributed by atoms with Crippen LogP contribution in [0.1, 0.15) is 36.0 Å². The second-order valence-electron chi connectivity index (χ2n) is 7.47. The minimum absolute atomic E-state index is 0.174. The van der Waals surface area contributed by atoms with Gasteiger partial charge in [-0.2, -0.15) is 0 Å². The highest BCUT2D eigenvalue weighted by atomic mass is 16.3. The maximum absolute atomic E-state index is 12.5. The normalized spacial score (nSPS) is 17.6. The van der Waals surface area contributed by atoms with Crippen LogP contribution in [0.5, 0.6) is 0 Å². The van der Waals surface area contributed by atoms with Crippen LogP contribution in [0.3, 0.4) is 0 Å². The van der Waals surface area contributed by atoms with Crippen molar-refractivity contribution in [3.8, 4) is 11.8 Å². The first-order valence-electron chi connectivity index (χ1n) is 10.0. The molecule has 0 saturated carbocycles. The number of aliphatic hydroxyl groups is 2. The van der Waals surface area contributed by atoms with Crippen LogP contribution in [0.15, 0.2) is 54.6 Å². The number of likely N-dealkylation sites (tertiary alicyclic amines) is 1. The molecule has 156 valence electrons. The summed E-state index contributed by atoms with van der Waals surface area (Å²) in [5.41, 5.74) is 2.99. The van der Waals surface area contributed by atoms with Crippen LogP contribution in [0, 0.1) is 11.8 Å². The van der Waals surface area contributed by atoms with E-state index in [9.17, 15) is 14.7 Å². The lowest BCUT2D eigenvalue weighted by molar-refractivity contribution is -0.125. The number of hydrogen-bond donors (Lipinski definition) is 3. The Kier molecular flexibility index (Phi) is 7.23. The van der Waals surface area contributed by atoms with Crippen molar-refractivity contribution in [3.63, 3.8) is 0 Å². The molecule has 3 rings (SSSR count). The number of carbonyl (C=O) groups excluding carboxylic acids is 2. The van der Waals surface area contributed by atoms with E-state index >= 15 is 0 Å². The van der Waals surface area contributed by atoms with E-state index in [1.54, 1.807) is 4.90 Å². The van der Waals surface area contributed by atoms with Gasteiger partial charge in [0.05, 0.1) is 6.10 Å². The third-order valence-electron chi connectivity index (χ3n) is 5.22.